The molecule has 0 atom stereocenters. The molecule has 0 spiro atoms. The fourth-order valence-corrected chi connectivity index (χ4v) is 1.75. The molecule has 0 bridgehead atoms. The predicted molar refractivity (Wildman–Crippen MR) is 50.3 cm³/mol. The second-order valence-corrected chi connectivity index (χ2v) is 4.85. The summed E-state index contributed by atoms with van der Waals surface area (Å²) in [5.74, 6) is 0. The van der Waals surface area contributed by atoms with Gasteiger partial charge in [0.1, 0.15) is 6.67 Å². The maximum atomic E-state index is 12.3. The van der Waals surface area contributed by atoms with E-state index in [1.807, 2.05) is 0 Å². The highest BCUT2D eigenvalue weighted by Crippen LogP contribution is 2.20. The standard InChI is InChI=1S/C7H7BrFNO2S/c8-7-2-1-6(13(10,11)12)3-5(7)4-9/h1-3H,4H2,(H2,10,11,12). The number of hydrogen-bond acceptors (Lipinski definition) is 2. The molecule has 0 aromatic heterocycles. The first-order chi connectivity index (χ1) is 5.95. The van der Waals surface area contributed by atoms with Gasteiger partial charge in [-0.05, 0) is 23.8 Å². The van der Waals surface area contributed by atoms with Gasteiger partial charge in [0, 0.05) is 4.47 Å². The van der Waals surface area contributed by atoms with Crippen molar-refractivity contribution < 1.29 is 12.8 Å². The summed E-state index contributed by atoms with van der Waals surface area (Å²) in [6.07, 6.45) is 0. The lowest BCUT2D eigenvalue weighted by atomic mass is 10.2. The maximum absolute atomic E-state index is 12.3. The van der Waals surface area contributed by atoms with Gasteiger partial charge in [0.25, 0.3) is 0 Å². The first-order valence-corrected chi connectivity index (χ1v) is 5.66. The lowest BCUT2D eigenvalue weighted by molar-refractivity contribution is 0.483. The molecule has 0 unspecified atom stereocenters. The Balaban J connectivity index is 3.30. The minimum atomic E-state index is -3.74. The number of alkyl halides is 1. The molecule has 0 heterocycles. The molecule has 0 amide bonds. The van der Waals surface area contributed by atoms with E-state index in [0.29, 0.717) is 4.47 Å². The molecule has 0 fully saturated rings. The molecule has 13 heavy (non-hydrogen) atoms. The van der Waals surface area contributed by atoms with E-state index in [9.17, 15) is 12.8 Å². The average Bonchev–Trinajstić information content (AvgIpc) is 2.03. The number of halogens is 2. The quantitative estimate of drug-likeness (QED) is 0.884. The first kappa shape index (κ1) is 10.6. The van der Waals surface area contributed by atoms with Crippen LogP contribution in [-0.4, -0.2) is 8.42 Å². The van der Waals surface area contributed by atoms with Crippen molar-refractivity contribution in [3.8, 4) is 0 Å². The Kier molecular flexibility index (Phi) is 3.05. The van der Waals surface area contributed by atoms with Crippen LogP contribution in [0.2, 0.25) is 0 Å². The van der Waals surface area contributed by atoms with Crippen LogP contribution in [0.3, 0.4) is 0 Å². The smallest absolute Gasteiger partial charge is 0.238 e. The van der Waals surface area contributed by atoms with Crippen LogP contribution in [-0.2, 0) is 16.7 Å². The fraction of sp³-hybridized carbons (Fsp3) is 0.143. The maximum Gasteiger partial charge on any atom is 0.238 e. The molecule has 0 aliphatic heterocycles. The summed E-state index contributed by atoms with van der Waals surface area (Å²) in [6.45, 7) is -0.732. The van der Waals surface area contributed by atoms with Crippen molar-refractivity contribution in [2.45, 2.75) is 11.6 Å². The Bertz CT molecular complexity index is 419. The Morgan fingerprint density at radius 2 is 2.08 bits per heavy atom. The molecule has 2 N–H and O–H groups in total. The number of sulfonamides is 1. The summed E-state index contributed by atoms with van der Waals surface area (Å²) in [7, 11) is -3.74. The van der Waals surface area contributed by atoms with Crippen molar-refractivity contribution in [2.24, 2.45) is 5.14 Å². The van der Waals surface area contributed by atoms with Crippen LogP contribution in [0.5, 0.6) is 0 Å². The summed E-state index contributed by atoms with van der Waals surface area (Å²) in [4.78, 5) is -0.0802. The molecule has 1 rings (SSSR count). The van der Waals surface area contributed by atoms with Crippen LogP contribution in [0, 0.1) is 0 Å². The third kappa shape index (κ3) is 2.49. The number of hydrogen-bond donors (Lipinski definition) is 1. The minimum absolute atomic E-state index is 0.0802. The van der Waals surface area contributed by atoms with E-state index in [1.165, 1.54) is 18.2 Å². The Labute approximate surface area is 83.9 Å². The van der Waals surface area contributed by atoms with E-state index < -0.39 is 16.7 Å². The SMILES string of the molecule is NS(=O)(=O)c1ccc(Br)c(CF)c1. The highest BCUT2D eigenvalue weighted by molar-refractivity contribution is 9.10. The van der Waals surface area contributed by atoms with E-state index in [-0.39, 0.29) is 10.5 Å². The summed E-state index contributed by atoms with van der Waals surface area (Å²) < 4.78 is 34.5. The molecular formula is C7H7BrFNO2S. The lowest BCUT2D eigenvalue weighted by Gasteiger charge is -2.02. The van der Waals surface area contributed by atoms with Crippen LogP contribution in [0.1, 0.15) is 5.56 Å². The summed E-state index contributed by atoms with van der Waals surface area (Å²) >= 11 is 3.08. The van der Waals surface area contributed by atoms with Crippen molar-refractivity contribution >= 4 is 26.0 Å². The molecule has 0 radical (unpaired) electrons. The van der Waals surface area contributed by atoms with Gasteiger partial charge < -0.3 is 0 Å². The average molecular weight is 268 g/mol. The van der Waals surface area contributed by atoms with Crippen LogP contribution in [0.4, 0.5) is 4.39 Å². The van der Waals surface area contributed by atoms with Crippen molar-refractivity contribution in [1.29, 1.82) is 0 Å². The monoisotopic (exact) mass is 267 g/mol. The van der Waals surface area contributed by atoms with Gasteiger partial charge in [-0.25, -0.2) is 17.9 Å². The fourth-order valence-electron chi connectivity index (χ4n) is 0.830. The van der Waals surface area contributed by atoms with Gasteiger partial charge in [-0.3, -0.25) is 0 Å². The van der Waals surface area contributed by atoms with Crippen LogP contribution < -0.4 is 5.14 Å². The Morgan fingerprint density at radius 1 is 1.46 bits per heavy atom. The minimum Gasteiger partial charge on any atom is -0.246 e. The zero-order valence-electron chi connectivity index (χ0n) is 6.50. The molecule has 1 aromatic rings. The summed E-state index contributed by atoms with van der Waals surface area (Å²) in [6, 6.07) is 3.98. The van der Waals surface area contributed by atoms with Gasteiger partial charge >= 0.3 is 0 Å². The van der Waals surface area contributed by atoms with Gasteiger partial charge in [0.2, 0.25) is 10.0 Å². The van der Waals surface area contributed by atoms with E-state index >= 15 is 0 Å². The van der Waals surface area contributed by atoms with Gasteiger partial charge in [0.15, 0.2) is 0 Å². The van der Waals surface area contributed by atoms with Gasteiger partial charge in [-0.1, -0.05) is 15.9 Å². The number of primary sulfonamides is 1. The number of benzene rings is 1. The van der Waals surface area contributed by atoms with Crippen molar-refractivity contribution in [3.05, 3.63) is 28.2 Å². The van der Waals surface area contributed by atoms with E-state index in [0.717, 1.165) is 0 Å². The zero-order valence-corrected chi connectivity index (χ0v) is 8.90. The van der Waals surface area contributed by atoms with Crippen LogP contribution in [0.15, 0.2) is 27.6 Å². The van der Waals surface area contributed by atoms with E-state index in [2.05, 4.69) is 15.9 Å². The van der Waals surface area contributed by atoms with E-state index in [4.69, 9.17) is 5.14 Å². The largest absolute Gasteiger partial charge is 0.246 e. The van der Waals surface area contributed by atoms with Crippen molar-refractivity contribution in [1.82, 2.24) is 0 Å². The first-order valence-electron chi connectivity index (χ1n) is 3.32. The Hall–Kier alpha value is -0.460. The third-order valence-electron chi connectivity index (χ3n) is 1.49. The number of rotatable bonds is 2. The van der Waals surface area contributed by atoms with Crippen LogP contribution in [0.25, 0.3) is 0 Å². The molecule has 3 nitrogen and oxygen atoms in total. The summed E-state index contributed by atoms with van der Waals surface area (Å²) in [5.41, 5.74) is 0.270. The molecular weight excluding hydrogens is 261 g/mol. The molecule has 1 aromatic carbocycles. The molecule has 0 saturated carbocycles. The molecule has 6 heteroatoms. The predicted octanol–water partition coefficient (Wildman–Crippen LogP) is 1.57. The van der Waals surface area contributed by atoms with Crippen molar-refractivity contribution in [2.75, 3.05) is 0 Å². The molecule has 0 aliphatic carbocycles. The number of nitrogens with two attached hydrogens (primary N) is 1. The molecule has 0 aliphatic rings. The second kappa shape index (κ2) is 3.73. The lowest BCUT2D eigenvalue weighted by Crippen LogP contribution is -2.12. The molecule has 72 valence electrons. The second-order valence-electron chi connectivity index (χ2n) is 2.43. The zero-order chi connectivity index (χ0) is 10.1. The Morgan fingerprint density at radius 3 is 2.54 bits per heavy atom. The highest BCUT2D eigenvalue weighted by atomic mass is 79.9. The van der Waals surface area contributed by atoms with Crippen molar-refractivity contribution in [3.63, 3.8) is 0 Å². The third-order valence-corrected chi connectivity index (χ3v) is 3.17. The van der Waals surface area contributed by atoms with Gasteiger partial charge in [-0.2, -0.15) is 0 Å². The topological polar surface area (TPSA) is 60.2 Å². The van der Waals surface area contributed by atoms with Gasteiger partial charge in [-0.15, -0.1) is 0 Å². The normalized spacial score (nSPS) is 11.6. The summed E-state index contributed by atoms with van der Waals surface area (Å²) in [5, 5.41) is 4.86. The highest BCUT2D eigenvalue weighted by Gasteiger charge is 2.09. The van der Waals surface area contributed by atoms with E-state index in [1.54, 1.807) is 0 Å². The van der Waals surface area contributed by atoms with Gasteiger partial charge in [0.05, 0.1) is 4.90 Å². The van der Waals surface area contributed by atoms with Crippen LogP contribution >= 0.6 is 15.9 Å². The molecule has 0 saturated heterocycles.